The molecule has 0 spiro atoms. The third-order valence-electron chi connectivity index (χ3n) is 2.75. The Bertz CT molecular complexity index is 772. The van der Waals surface area contributed by atoms with E-state index in [2.05, 4.69) is 21.9 Å². The van der Waals surface area contributed by atoms with Gasteiger partial charge < -0.3 is 0 Å². The minimum Gasteiger partial charge on any atom is -0.294 e. The zero-order valence-electron chi connectivity index (χ0n) is 10.5. The number of pyridine rings is 1. The predicted molar refractivity (Wildman–Crippen MR) is 82.6 cm³/mol. The lowest BCUT2D eigenvalue weighted by molar-refractivity contribution is 1.08. The molecule has 0 aliphatic carbocycles. The number of aromatic nitrogens is 4. The molecule has 102 valence electrons. The van der Waals surface area contributed by atoms with E-state index < -0.39 is 0 Å². The van der Waals surface area contributed by atoms with Crippen molar-refractivity contribution in [2.75, 3.05) is 5.75 Å². The van der Waals surface area contributed by atoms with Crippen molar-refractivity contribution in [3.63, 3.8) is 0 Å². The summed E-state index contributed by atoms with van der Waals surface area (Å²) in [6.07, 6.45) is 5.14. The van der Waals surface area contributed by atoms with Crippen molar-refractivity contribution in [2.24, 2.45) is 0 Å². The number of thioether (sulfide) groups is 1. The second kappa shape index (κ2) is 5.60. The van der Waals surface area contributed by atoms with Crippen LogP contribution in [-0.2, 0) is 0 Å². The molecule has 0 fully saturated rings. The molecule has 3 rings (SSSR count). The molecule has 0 aromatic carbocycles. The second-order valence-electron chi connectivity index (χ2n) is 3.97. The lowest BCUT2D eigenvalue weighted by atomic mass is 10.3. The third kappa shape index (κ3) is 2.37. The summed E-state index contributed by atoms with van der Waals surface area (Å²) in [5.74, 6) is 1.66. The van der Waals surface area contributed by atoms with Crippen LogP contribution in [0, 0.1) is 0 Å². The molecule has 3 aromatic rings. The Morgan fingerprint density at radius 3 is 2.90 bits per heavy atom. The molecule has 7 heteroatoms. The van der Waals surface area contributed by atoms with Crippen molar-refractivity contribution >= 4 is 40.5 Å². The highest BCUT2D eigenvalue weighted by atomic mass is 35.5. The minimum absolute atomic E-state index is 0.415. The lowest BCUT2D eigenvalue weighted by Gasteiger charge is -2.07. The third-order valence-corrected chi connectivity index (χ3v) is 4.18. The van der Waals surface area contributed by atoms with Crippen molar-refractivity contribution in [3.8, 4) is 11.5 Å². The fraction of sp³-hybridized carbons (Fsp3) is 0.154. The molecule has 0 aliphatic rings. The number of imidazole rings is 1. The average molecular weight is 325 g/mol. The monoisotopic (exact) mass is 324 g/mol. The van der Waals surface area contributed by atoms with Gasteiger partial charge in [0.2, 0.25) is 0 Å². The largest absolute Gasteiger partial charge is 0.294 e. The number of hydrogen-bond acceptors (Lipinski definition) is 4. The minimum atomic E-state index is 0.415. The topological polar surface area (TPSA) is 43.1 Å². The van der Waals surface area contributed by atoms with E-state index in [-0.39, 0.29) is 0 Å². The molecule has 0 aliphatic heterocycles. The molecule has 3 aromatic heterocycles. The fourth-order valence-corrected chi connectivity index (χ4v) is 3.02. The van der Waals surface area contributed by atoms with Crippen LogP contribution in [0.25, 0.3) is 17.0 Å². The van der Waals surface area contributed by atoms with Crippen LogP contribution < -0.4 is 0 Å². The summed E-state index contributed by atoms with van der Waals surface area (Å²) in [6, 6.07) is 3.75. The van der Waals surface area contributed by atoms with Crippen LogP contribution in [0.2, 0.25) is 10.3 Å². The average Bonchev–Trinajstić information content (AvgIpc) is 2.86. The first kappa shape index (κ1) is 13.7. The standard InChI is InChI=1S/C13H10Cl2N4S/c1-2-20-9-3-4-10(14)18-11(9)13-17-7-8-12(15)16-5-6-19(8)13/h3-7H,2H2,1H3. The van der Waals surface area contributed by atoms with E-state index in [0.717, 1.165) is 21.9 Å². The van der Waals surface area contributed by atoms with Crippen LogP contribution in [0.1, 0.15) is 6.92 Å². The Hall–Kier alpha value is -1.30. The molecular formula is C13H10Cl2N4S. The zero-order chi connectivity index (χ0) is 14.1. The molecule has 0 saturated heterocycles. The molecule has 0 N–H and O–H groups in total. The molecule has 0 saturated carbocycles. The van der Waals surface area contributed by atoms with E-state index in [1.165, 1.54) is 0 Å². The van der Waals surface area contributed by atoms with E-state index >= 15 is 0 Å². The van der Waals surface area contributed by atoms with Gasteiger partial charge in [-0.3, -0.25) is 4.40 Å². The van der Waals surface area contributed by atoms with Gasteiger partial charge in [-0.1, -0.05) is 30.1 Å². The first-order chi connectivity index (χ1) is 9.70. The summed E-state index contributed by atoms with van der Waals surface area (Å²) < 4.78 is 1.87. The molecule has 20 heavy (non-hydrogen) atoms. The smallest absolute Gasteiger partial charge is 0.164 e. The molecule has 3 heterocycles. The lowest BCUT2D eigenvalue weighted by Crippen LogP contribution is -1.95. The number of nitrogens with zero attached hydrogens (tertiary/aromatic N) is 4. The van der Waals surface area contributed by atoms with E-state index in [1.54, 1.807) is 30.2 Å². The quantitative estimate of drug-likeness (QED) is 0.534. The van der Waals surface area contributed by atoms with E-state index in [9.17, 15) is 0 Å². The van der Waals surface area contributed by atoms with Crippen molar-refractivity contribution in [2.45, 2.75) is 11.8 Å². The van der Waals surface area contributed by atoms with Gasteiger partial charge in [-0.25, -0.2) is 15.0 Å². The van der Waals surface area contributed by atoms with Crippen LogP contribution >= 0.6 is 35.0 Å². The highest BCUT2D eigenvalue weighted by Gasteiger charge is 2.15. The van der Waals surface area contributed by atoms with Gasteiger partial charge >= 0.3 is 0 Å². The van der Waals surface area contributed by atoms with Crippen molar-refractivity contribution < 1.29 is 0 Å². The fourth-order valence-electron chi connectivity index (χ4n) is 1.93. The van der Waals surface area contributed by atoms with Gasteiger partial charge in [-0.05, 0) is 17.9 Å². The van der Waals surface area contributed by atoms with E-state index in [4.69, 9.17) is 23.2 Å². The number of hydrogen-bond donors (Lipinski definition) is 0. The Labute approximate surface area is 130 Å². The van der Waals surface area contributed by atoms with Crippen LogP contribution in [0.4, 0.5) is 0 Å². The van der Waals surface area contributed by atoms with Gasteiger partial charge in [0.05, 0.1) is 6.20 Å². The highest BCUT2D eigenvalue weighted by molar-refractivity contribution is 7.99. The van der Waals surface area contributed by atoms with Gasteiger partial charge in [-0.2, -0.15) is 0 Å². The molecule has 0 bridgehead atoms. The maximum atomic E-state index is 6.07. The van der Waals surface area contributed by atoms with Crippen LogP contribution in [0.15, 0.2) is 35.6 Å². The van der Waals surface area contributed by atoms with Gasteiger partial charge in [0.15, 0.2) is 11.0 Å². The number of fused-ring (bicyclic) bond motifs is 1. The Morgan fingerprint density at radius 1 is 1.25 bits per heavy atom. The van der Waals surface area contributed by atoms with Gasteiger partial charge in [0, 0.05) is 17.3 Å². The Morgan fingerprint density at radius 2 is 2.10 bits per heavy atom. The maximum Gasteiger partial charge on any atom is 0.164 e. The molecule has 0 amide bonds. The van der Waals surface area contributed by atoms with E-state index in [0.29, 0.717) is 16.1 Å². The normalized spacial score (nSPS) is 11.2. The Balaban J connectivity index is 2.25. The van der Waals surface area contributed by atoms with E-state index in [1.807, 2.05) is 16.7 Å². The summed E-state index contributed by atoms with van der Waals surface area (Å²) in [6.45, 7) is 2.09. The van der Waals surface area contributed by atoms with Crippen molar-refractivity contribution in [3.05, 3.63) is 41.0 Å². The van der Waals surface area contributed by atoms with Crippen molar-refractivity contribution in [1.82, 2.24) is 19.4 Å². The van der Waals surface area contributed by atoms with Crippen LogP contribution in [0.5, 0.6) is 0 Å². The molecule has 0 atom stereocenters. The SMILES string of the molecule is CCSc1ccc(Cl)nc1-c1ncc2c(Cl)nccn12. The van der Waals surface area contributed by atoms with Crippen LogP contribution in [0.3, 0.4) is 0 Å². The van der Waals surface area contributed by atoms with Crippen LogP contribution in [-0.4, -0.2) is 25.1 Å². The first-order valence-electron chi connectivity index (χ1n) is 5.98. The zero-order valence-corrected chi connectivity index (χ0v) is 12.9. The van der Waals surface area contributed by atoms with Gasteiger partial charge in [-0.15, -0.1) is 11.8 Å². The summed E-state index contributed by atoms with van der Waals surface area (Å²) in [7, 11) is 0. The summed E-state index contributed by atoms with van der Waals surface area (Å²) in [5.41, 5.74) is 1.50. The predicted octanol–water partition coefficient (Wildman–Crippen LogP) is 4.21. The first-order valence-corrected chi connectivity index (χ1v) is 7.72. The molecule has 0 unspecified atom stereocenters. The number of rotatable bonds is 3. The second-order valence-corrected chi connectivity index (χ2v) is 6.02. The van der Waals surface area contributed by atoms with Gasteiger partial charge in [0.25, 0.3) is 0 Å². The molecule has 4 nitrogen and oxygen atoms in total. The number of halogens is 2. The summed E-state index contributed by atoms with van der Waals surface area (Å²) >= 11 is 13.8. The molecular weight excluding hydrogens is 315 g/mol. The highest BCUT2D eigenvalue weighted by Crippen LogP contribution is 2.31. The molecule has 0 radical (unpaired) electrons. The van der Waals surface area contributed by atoms with Gasteiger partial charge in [0.1, 0.15) is 16.4 Å². The van der Waals surface area contributed by atoms with Crippen molar-refractivity contribution in [1.29, 1.82) is 0 Å². The summed E-state index contributed by atoms with van der Waals surface area (Å²) in [4.78, 5) is 13.9. The maximum absolute atomic E-state index is 6.07. The summed E-state index contributed by atoms with van der Waals surface area (Å²) in [5, 5.41) is 0.857. The Kier molecular flexibility index (Phi) is 3.83.